The van der Waals surface area contributed by atoms with Gasteiger partial charge in [0.05, 0.1) is 17.3 Å². The quantitative estimate of drug-likeness (QED) is 0.516. The molecule has 0 saturated carbocycles. The number of hydrogen-bond donors (Lipinski definition) is 1. The van der Waals surface area contributed by atoms with Crippen molar-refractivity contribution in [2.24, 2.45) is 0 Å². The SMILES string of the molecule is O=S(=O)(Nc1ccc(F)c(-c2nnc3n2CCCCC3)c1)c1cccc2nsnc12. The molecule has 0 bridgehead atoms. The standard InChI is InChI=1S/C19H17FN6O2S2/c20-14-9-8-12(11-13(14)19-22-21-17-7-2-1-3-10-26(17)19)25-30(27,28)16-6-4-5-15-18(16)24-29-23-15/h4-6,8-9,11,25H,1-3,7,10H2. The Bertz CT molecular complexity index is 1350. The van der Waals surface area contributed by atoms with E-state index in [1.54, 1.807) is 12.1 Å². The van der Waals surface area contributed by atoms with Crippen molar-refractivity contribution in [1.82, 2.24) is 23.5 Å². The van der Waals surface area contributed by atoms with Gasteiger partial charge in [0.15, 0.2) is 5.82 Å². The van der Waals surface area contributed by atoms with E-state index in [0.29, 0.717) is 23.4 Å². The van der Waals surface area contributed by atoms with Crippen LogP contribution < -0.4 is 4.72 Å². The molecule has 3 heterocycles. The number of fused-ring (bicyclic) bond motifs is 2. The molecule has 2 aromatic heterocycles. The van der Waals surface area contributed by atoms with Gasteiger partial charge in [-0.25, -0.2) is 12.8 Å². The van der Waals surface area contributed by atoms with Gasteiger partial charge in [0, 0.05) is 18.7 Å². The Labute approximate surface area is 176 Å². The molecular formula is C19H17FN6O2S2. The van der Waals surface area contributed by atoms with E-state index in [-0.39, 0.29) is 16.1 Å². The zero-order valence-corrected chi connectivity index (χ0v) is 17.4. The van der Waals surface area contributed by atoms with Crippen LogP contribution in [-0.4, -0.2) is 31.9 Å². The van der Waals surface area contributed by atoms with Gasteiger partial charge in [-0.2, -0.15) is 8.75 Å². The lowest BCUT2D eigenvalue weighted by Gasteiger charge is -2.12. The van der Waals surface area contributed by atoms with Gasteiger partial charge >= 0.3 is 0 Å². The molecule has 0 radical (unpaired) electrons. The van der Waals surface area contributed by atoms with Crippen LogP contribution in [0.1, 0.15) is 25.1 Å². The Balaban J connectivity index is 1.53. The summed E-state index contributed by atoms with van der Waals surface area (Å²) < 4.78 is 53.2. The number of nitrogens with one attached hydrogen (secondary N) is 1. The second-order valence-electron chi connectivity index (χ2n) is 7.09. The molecule has 0 fully saturated rings. The second-order valence-corrected chi connectivity index (χ2v) is 9.27. The van der Waals surface area contributed by atoms with Crippen molar-refractivity contribution < 1.29 is 12.8 Å². The highest BCUT2D eigenvalue weighted by Gasteiger charge is 2.22. The molecule has 0 amide bonds. The minimum atomic E-state index is -3.94. The normalized spacial score (nSPS) is 14.4. The number of aromatic nitrogens is 5. The molecule has 30 heavy (non-hydrogen) atoms. The molecular weight excluding hydrogens is 427 g/mol. The first-order valence-corrected chi connectivity index (χ1v) is 11.7. The smallest absolute Gasteiger partial charge is 0.264 e. The van der Waals surface area contributed by atoms with Gasteiger partial charge in [-0.3, -0.25) is 4.72 Å². The van der Waals surface area contributed by atoms with Crippen molar-refractivity contribution in [2.75, 3.05) is 4.72 Å². The van der Waals surface area contributed by atoms with Crippen LogP contribution in [0.2, 0.25) is 0 Å². The van der Waals surface area contributed by atoms with Crippen LogP contribution in [0.5, 0.6) is 0 Å². The first-order valence-electron chi connectivity index (χ1n) is 9.49. The monoisotopic (exact) mass is 444 g/mol. The van der Waals surface area contributed by atoms with Crippen molar-refractivity contribution in [1.29, 1.82) is 0 Å². The molecule has 0 aliphatic carbocycles. The zero-order chi connectivity index (χ0) is 20.7. The summed E-state index contributed by atoms with van der Waals surface area (Å²) in [4.78, 5) is 0.0240. The highest BCUT2D eigenvalue weighted by atomic mass is 32.2. The van der Waals surface area contributed by atoms with Gasteiger partial charge < -0.3 is 4.57 Å². The van der Waals surface area contributed by atoms with Gasteiger partial charge in [0.25, 0.3) is 10.0 Å². The van der Waals surface area contributed by atoms with Crippen molar-refractivity contribution in [3.63, 3.8) is 0 Å². The van der Waals surface area contributed by atoms with E-state index in [1.165, 1.54) is 24.3 Å². The lowest BCUT2D eigenvalue weighted by molar-refractivity contribution is 0.601. The lowest BCUT2D eigenvalue weighted by atomic mass is 10.1. The van der Waals surface area contributed by atoms with Crippen molar-refractivity contribution >= 4 is 38.5 Å². The molecule has 0 unspecified atom stereocenters. The van der Waals surface area contributed by atoms with Crippen LogP contribution in [0.3, 0.4) is 0 Å². The van der Waals surface area contributed by atoms with Crippen molar-refractivity contribution in [3.8, 4) is 11.4 Å². The largest absolute Gasteiger partial charge is 0.311 e. The fraction of sp³-hybridized carbons (Fsp3) is 0.263. The van der Waals surface area contributed by atoms with E-state index in [2.05, 4.69) is 23.7 Å². The summed E-state index contributed by atoms with van der Waals surface area (Å²) in [7, 11) is -3.94. The fourth-order valence-corrected chi connectivity index (χ4v) is 5.47. The Hall–Kier alpha value is -2.92. The van der Waals surface area contributed by atoms with Gasteiger partial charge in [-0.05, 0) is 43.2 Å². The number of rotatable bonds is 4. The maximum absolute atomic E-state index is 14.7. The van der Waals surface area contributed by atoms with E-state index in [4.69, 9.17) is 0 Å². The summed E-state index contributed by atoms with van der Waals surface area (Å²) in [6, 6.07) is 8.85. The minimum Gasteiger partial charge on any atom is -0.311 e. The predicted molar refractivity (Wildman–Crippen MR) is 111 cm³/mol. The van der Waals surface area contributed by atoms with Crippen LogP contribution in [-0.2, 0) is 23.0 Å². The molecule has 8 nitrogen and oxygen atoms in total. The van der Waals surface area contributed by atoms with Crippen LogP contribution in [0.25, 0.3) is 22.4 Å². The third-order valence-electron chi connectivity index (χ3n) is 5.11. The van der Waals surface area contributed by atoms with Crippen LogP contribution in [0.4, 0.5) is 10.1 Å². The number of benzene rings is 2. The number of anilines is 1. The van der Waals surface area contributed by atoms with Crippen LogP contribution in [0.15, 0.2) is 41.3 Å². The molecule has 5 rings (SSSR count). The van der Waals surface area contributed by atoms with Crippen LogP contribution in [0, 0.1) is 5.82 Å². The van der Waals surface area contributed by atoms with Gasteiger partial charge in [-0.15, -0.1) is 10.2 Å². The molecule has 1 aliphatic rings. The number of hydrogen-bond acceptors (Lipinski definition) is 7. The Morgan fingerprint density at radius 2 is 1.97 bits per heavy atom. The Morgan fingerprint density at radius 3 is 2.87 bits per heavy atom. The number of nitrogens with zero attached hydrogens (tertiary/aromatic N) is 5. The highest BCUT2D eigenvalue weighted by Crippen LogP contribution is 2.29. The molecule has 0 saturated heterocycles. The molecule has 1 N–H and O–H groups in total. The van der Waals surface area contributed by atoms with E-state index in [0.717, 1.165) is 43.2 Å². The second kappa shape index (κ2) is 7.40. The maximum atomic E-state index is 14.7. The number of aryl methyl sites for hydroxylation is 1. The van der Waals surface area contributed by atoms with Crippen molar-refractivity contribution in [2.45, 2.75) is 37.1 Å². The molecule has 4 aromatic rings. The van der Waals surface area contributed by atoms with Gasteiger partial charge in [-0.1, -0.05) is 12.5 Å². The summed E-state index contributed by atoms with van der Waals surface area (Å²) >= 11 is 0.947. The topological polar surface area (TPSA) is 103 Å². The highest BCUT2D eigenvalue weighted by molar-refractivity contribution is 7.93. The maximum Gasteiger partial charge on any atom is 0.264 e. The predicted octanol–water partition coefficient (Wildman–Crippen LogP) is 3.62. The third kappa shape index (κ3) is 3.33. The third-order valence-corrected chi connectivity index (χ3v) is 7.06. The summed E-state index contributed by atoms with van der Waals surface area (Å²) in [6.07, 6.45) is 3.88. The molecule has 11 heteroatoms. The first-order chi connectivity index (χ1) is 14.5. The minimum absolute atomic E-state index is 0.0240. The summed E-state index contributed by atoms with van der Waals surface area (Å²) in [5.74, 6) is 0.759. The average molecular weight is 445 g/mol. The number of halogens is 1. The summed E-state index contributed by atoms with van der Waals surface area (Å²) in [6.45, 7) is 0.714. The van der Waals surface area contributed by atoms with Crippen molar-refractivity contribution in [3.05, 3.63) is 48.0 Å². The Kier molecular flexibility index (Phi) is 4.70. The van der Waals surface area contributed by atoms with Crippen LogP contribution >= 0.6 is 11.7 Å². The molecule has 0 spiro atoms. The average Bonchev–Trinajstić information content (AvgIpc) is 3.30. The zero-order valence-electron chi connectivity index (χ0n) is 15.7. The van der Waals surface area contributed by atoms with E-state index < -0.39 is 15.8 Å². The van der Waals surface area contributed by atoms with Gasteiger partial charge in [0.2, 0.25) is 0 Å². The summed E-state index contributed by atoms with van der Waals surface area (Å²) in [5.41, 5.74) is 1.26. The molecule has 1 aliphatic heterocycles. The van der Waals surface area contributed by atoms with Gasteiger partial charge in [0.1, 0.15) is 27.6 Å². The Morgan fingerprint density at radius 1 is 1.07 bits per heavy atom. The van der Waals surface area contributed by atoms with E-state index in [9.17, 15) is 12.8 Å². The van der Waals surface area contributed by atoms with E-state index >= 15 is 0 Å². The molecule has 2 aromatic carbocycles. The summed E-state index contributed by atoms with van der Waals surface area (Å²) in [5, 5.41) is 8.39. The fourth-order valence-electron chi connectivity index (χ4n) is 3.65. The van der Waals surface area contributed by atoms with E-state index in [1.807, 2.05) is 4.57 Å². The first kappa shape index (κ1) is 19.1. The molecule has 154 valence electrons. The number of sulfonamides is 1. The molecule has 0 atom stereocenters. The lowest BCUT2D eigenvalue weighted by Crippen LogP contribution is -2.14.